The van der Waals surface area contributed by atoms with E-state index in [4.69, 9.17) is 21.1 Å². The van der Waals surface area contributed by atoms with Gasteiger partial charge in [0.2, 0.25) is 23.2 Å². The maximum absolute atomic E-state index is 13.3. The molecule has 4 rings (SSSR count). The SMILES string of the molecule is CCC(=O)Oc1c(Br)cc(Cl)cc1C1Oc2nc(SC)nnc2-c2ccccc2N1C(=O)CC. The maximum Gasteiger partial charge on any atom is 0.310 e. The van der Waals surface area contributed by atoms with E-state index < -0.39 is 12.2 Å². The molecule has 1 aliphatic rings. The van der Waals surface area contributed by atoms with Crippen molar-refractivity contribution in [2.75, 3.05) is 11.2 Å². The average molecular weight is 564 g/mol. The monoisotopic (exact) mass is 562 g/mol. The number of carbonyl (C=O) groups is 2. The van der Waals surface area contributed by atoms with E-state index in [0.717, 1.165) is 0 Å². The van der Waals surface area contributed by atoms with E-state index in [1.807, 2.05) is 24.5 Å². The van der Waals surface area contributed by atoms with Crippen LogP contribution in [0.2, 0.25) is 5.02 Å². The number of carbonyl (C=O) groups excluding carboxylic acids is 2. The van der Waals surface area contributed by atoms with Crippen LogP contribution in [0.25, 0.3) is 11.3 Å². The largest absolute Gasteiger partial charge is 0.447 e. The molecule has 1 amide bonds. The quantitative estimate of drug-likeness (QED) is 0.218. The number of benzene rings is 2. The molecular weight excluding hydrogens is 544 g/mol. The van der Waals surface area contributed by atoms with Crippen molar-refractivity contribution in [3.8, 4) is 22.9 Å². The number of halogens is 2. The molecule has 0 aliphatic carbocycles. The van der Waals surface area contributed by atoms with Gasteiger partial charge >= 0.3 is 5.97 Å². The van der Waals surface area contributed by atoms with E-state index in [1.54, 1.807) is 32.0 Å². The molecule has 2 heterocycles. The number of nitrogens with zero attached hydrogens (tertiary/aromatic N) is 4. The van der Waals surface area contributed by atoms with Gasteiger partial charge < -0.3 is 9.47 Å². The van der Waals surface area contributed by atoms with Gasteiger partial charge in [0.25, 0.3) is 0 Å². The van der Waals surface area contributed by atoms with Gasteiger partial charge in [-0.05, 0) is 40.4 Å². The van der Waals surface area contributed by atoms with Crippen LogP contribution in [-0.4, -0.2) is 33.3 Å². The molecular formula is C23H20BrClN4O4S. The van der Waals surface area contributed by atoms with E-state index in [9.17, 15) is 9.59 Å². The first-order chi connectivity index (χ1) is 16.4. The number of aromatic nitrogens is 3. The highest BCUT2D eigenvalue weighted by Crippen LogP contribution is 2.47. The highest BCUT2D eigenvalue weighted by molar-refractivity contribution is 9.10. The lowest BCUT2D eigenvalue weighted by Crippen LogP contribution is -2.37. The predicted octanol–water partition coefficient (Wildman–Crippen LogP) is 5.83. The van der Waals surface area contributed by atoms with Crippen LogP contribution in [0.4, 0.5) is 5.69 Å². The zero-order valence-corrected chi connectivity index (χ0v) is 21.7. The molecule has 0 bridgehead atoms. The maximum atomic E-state index is 13.3. The Balaban J connectivity index is 2.02. The number of hydrogen-bond acceptors (Lipinski definition) is 8. The van der Waals surface area contributed by atoms with Crippen LogP contribution in [-0.2, 0) is 9.59 Å². The third-order valence-corrected chi connectivity index (χ3v) is 6.42. The minimum Gasteiger partial charge on any atom is -0.447 e. The Morgan fingerprint density at radius 3 is 2.68 bits per heavy atom. The molecule has 0 N–H and O–H groups in total. The second-order valence-electron chi connectivity index (χ2n) is 7.19. The fourth-order valence-electron chi connectivity index (χ4n) is 3.50. The number of ether oxygens (including phenoxy) is 2. The number of anilines is 1. The molecule has 1 aromatic heterocycles. The van der Waals surface area contributed by atoms with Gasteiger partial charge in [-0.15, -0.1) is 10.2 Å². The molecule has 0 saturated heterocycles. The summed E-state index contributed by atoms with van der Waals surface area (Å²) in [6.45, 7) is 3.45. The third kappa shape index (κ3) is 4.62. The van der Waals surface area contributed by atoms with Crippen molar-refractivity contribution in [3.05, 3.63) is 51.5 Å². The Kier molecular flexibility index (Phi) is 7.39. The highest BCUT2D eigenvalue weighted by atomic mass is 79.9. The third-order valence-electron chi connectivity index (χ3n) is 5.07. The van der Waals surface area contributed by atoms with Crippen LogP contribution in [0.3, 0.4) is 0 Å². The summed E-state index contributed by atoms with van der Waals surface area (Å²) in [7, 11) is 0. The van der Waals surface area contributed by atoms with E-state index in [1.165, 1.54) is 16.7 Å². The van der Waals surface area contributed by atoms with Crippen molar-refractivity contribution in [3.63, 3.8) is 0 Å². The van der Waals surface area contributed by atoms with Gasteiger partial charge in [-0.3, -0.25) is 14.5 Å². The molecule has 0 radical (unpaired) electrons. The van der Waals surface area contributed by atoms with Gasteiger partial charge in [0.15, 0.2) is 11.4 Å². The number of amides is 1. The number of esters is 1. The number of fused-ring (bicyclic) bond motifs is 3. The predicted molar refractivity (Wildman–Crippen MR) is 133 cm³/mol. The first-order valence-electron chi connectivity index (χ1n) is 10.4. The summed E-state index contributed by atoms with van der Waals surface area (Å²) < 4.78 is 12.5. The lowest BCUT2D eigenvalue weighted by molar-refractivity contribution is -0.134. The van der Waals surface area contributed by atoms with Crippen LogP contribution >= 0.6 is 39.3 Å². The zero-order valence-electron chi connectivity index (χ0n) is 18.5. The molecule has 2 aromatic carbocycles. The molecule has 8 nitrogen and oxygen atoms in total. The van der Waals surface area contributed by atoms with Gasteiger partial charge in [-0.2, -0.15) is 4.98 Å². The number of hydrogen-bond donors (Lipinski definition) is 0. The zero-order chi connectivity index (χ0) is 24.4. The molecule has 0 fully saturated rings. The molecule has 176 valence electrons. The molecule has 1 atom stereocenters. The van der Waals surface area contributed by atoms with Crippen molar-refractivity contribution in [1.82, 2.24) is 15.2 Å². The van der Waals surface area contributed by atoms with Gasteiger partial charge in [0.05, 0.1) is 15.7 Å². The minimum atomic E-state index is -1.05. The van der Waals surface area contributed by atoms with Crippen molar-refractivity contribution in [1.29, 1.82) is 0 Å². The van der Waals surface area contributed by atoms with Gasteiger partial charge in [0.1, 0.15) is 0 Å². The summed E-state index contributed by atoms with van der Waals surface area (Å²) in [6.07, 6.45) is 1.15. The van der Waals surface area contributed by atoms with Crippen LogP contribution in [0.1, 0.15) is 38.5 Å². The van der Waals surface area contributed by atoms with E-state index in [2.05, 4.69) is 31.1 Å². The highest BCUT2D eigenvalue weighted by Gasteiger charge is 2.37. The first-order valence-corrected chi connectivity index (χ1v) is 12.8. The summed E-state index contributed by atoms with van der Waals surface area (Å²) in [6, 6.07) is 10.5. The first kappa shape index (κ1) is 24.4. The fraction of sp³-hybridized carbons (Fsp3) is 0.261. The summed E-state index contributed by atoms with van der Waals surface area (Å²) in [5.74, 6) is -0.247. The number of para-hydroxylation sites is 1. The standard InChI is InChI=1S/C23H20BrClN4O4S/c1-4-17(30)29-16-9-7-6-8-13(16)19-21(26-23(34-3)28-27-19)33-22(29)14-10-12(25)11-15(24)20(14)32-18(31)5-2/h6-11,22H,4-5H2,1-3H3. The molecule has 1 unspecified atom stereocenters. The second kappa shape index (κ2) is 10.3. The normalized spacial score (nSPS) is 14.5. The number of rotatable bonds is 5. The average Bonchev–Trinajstić information content (AvgIpc) is 2.99. The summed E-state index contributed by atoms with van der Waals surface area (Å²) >= 11 is 11.1. The Morgan fingerprint density at radius 2 is 1.97 bits per heavy atom. The fourth-order valence-corrected chi connectivity index (χ4v) is 4.71. The molecule has 34 heavy (non-hydrogen) atoms. The van der Waals surface area contributed by atoms with Crippen molar-refractivity contribution < 1.29 is 19.1 Å². The van der Waals surface area contributed by atoms with Crippen LogP contribution < -0.4 is 14.4 Å². The summed E-state index contributed by atoms with van der Waals surface area (Å²) in [5, 5.41) is 9.28. The van der Waals surface area contributed by atoms with Crippen molar-refractivity contribution in [2.24, 2.45) is 0 Å². The lowest BCUT2D eigenvalue weighted by Gasteiger charge is -2.31. The van der Waals surface area contributed by atoms with Gasteiger partial charge in [-0.1, -0.05) is 55.4 Å². The minimum absolute atomic E-state index is 0.164. The Morgan fingerprint density at radius 1 is 1.21 bits per heavy atom. The Bertz CT molecular complexity index is 1280. The molecule has 3 aromatic rings. The van der Waals surface area contributed by atoms with E-state index in [0.29, 0.717) is 37.2 Å². The summed E-state index contributed by atoms with van der Waals surface area (Å²) in [5.41, 5.74) is 1.99. The van der Waals surface area contributed by atoms with Gasteiger partial charge in [-0.25, -0.2) is 0 Å². The Labute approximate surface area is 214 Å². The Hall–Kier alpha value is -2.69. The van der Waals surface area contributed by atoms with Crippen LogP contribution in [0, 0.1) is 0 Å². The van der Waals surface area contributed by atoms with Crippen molar-refractivity contribution in [2.45, 2.75) is 38.1 Å². The smallest absolute Gasteiger partial charge is 0.310 e. The number of thioether (sulfide) groups is 1. The topological polar surface area (TPSA) is 94.5 Å². The summed E-state index contributed by atoms with van der Waals surface area (Å²) in [4.78, 5) is 31.6. The van der Waals surface area contributed by atoms with Crippen molar-refractivity contribution >= 4 is 56.9 Å². The molecule has 0 saturated carbocycles. The van der Waals surface area contributed by atoms with Crippen LogP contribution in [0.5, 0.6) is 11.6 Å². The van der Waals surface area contributed by atoms with Gasteiger partial charge in [0, 0.05) is 23.4 Å². The second-order valence-corrected chi connectivity index (χ2v) is 9.25. The molecule has 0 spiro atoms. The molecule has 1 aliphatic heterocycles. The lowest BCUT2D eigenvalue weighted by atomic mass is 10.1. The molecule has 11 heteroatoms. The van der Waals surface area contributed by atoms with E-state index >= 15 is 0 Å². The van der Waals surface area contributed by atoms with Crippen LogP contribution in [0.15, 0.2) is 46.0 Å². The van der Waals surface area contributed by atoms with E-state index in [-0.39, 0.29) is 30.4 Å².